The molecule has 0 aromatic carbocycles. The third-order valence-corrected chi connectivity index (χ3v) is 3.22. The van der Waals surface area contributed by atoms with Crippen LogP contribution in [0.15, 0.2) is 27.1 Å². The average molecular weight is 291 g/mol. The van der Waals surface area contributed by atoms with Gasteiger partial charge in [-0.1, -0.05) is 6.92 Å². The van der Waals surface area contributed by atoms with Gasteiger partial charge in [0.1, 0.15) is 16.7 Å². The number of H-pyrrole nitrogens is 1. The van der Waals surface area contributed by atoms with Crippen LogP contribution in [-0.2, 0) is 0 Å². The van der Waals surface area contributed by atoms with E-state index < -0.39 is 0 Å². The zero-order chi connectivity index (χ0) is 14.5. The summed E-state index contributed by atoms with van der Waals surface area (Å²) in [6.45, 7) is 6.59. The number of aryl methyl sites for hydroxylation is 2. The van der Waals surface area contributed by atoms with Crippen LogP contribution < -0.4 is 10.9 Å². The lowest BCUT2D eigenvalue weighted by atomic mass is 10.4. The number of rotatable bonds is 5. The molecule has 2 rings (SSSR count). The number of hydrogen-bond acceptors (Lipinski definition) is 6. The lowest BCUT2D eigenvalue weighted by Crippen LogP contribution is -2.08. The molecule has 0 aliphatic carbocycles. The first kappa shape index (κ1) is 14.5. The number of hydrogen-bond donors (Lipinski definition) is 2. The zero-order valence-electron chi connectivity index (χ0n) is 11.7. The topological polar surface area (TPSA) is 83.6 Å². The predicted molar refractivity (Wildman–Crippen MR) is 79.3 cm³/mol. The minimum absolute atomic E-state index is 0.157. The second-order valence-electron chi connectivity index (χ2n) is 4.36. The van der Waals surface area contributed by atoms with E-state index in [1.807, 2.05) is 13.0 Å². The highest BCUT2D eigenvalue weighted by Gasteiger charge is 2.06. The number of aromatic amines is 1. The molecule has 0 fully saturated rings. The second-order valence-corrected chi connectivity index (χ2v) is 5.37. The summed E-state index contributed by atoms with van der Waals surface area (Å²) in [7, 11) is 0. The van der Waals surface area contributed by atoms with E-state index in [9.17, 15) is 4.79 Å². The van der Waals surface area contributed by atoms with Gasteiger partial charge in [-0.25, -0.2) is 15.0 Å². The molecule has 0 atom stereocenters. The Bertz CT molecular complexity index is 655. The molecule has 0 bridgehead atoms. The van der Waals surface area contributed by atoms with Gasteiger partial charge >= 0.3 is 0 Å². The third kappa shape index (κ3) is 4.06. The van der Waals surface area contributed by atoms with Crippen molar-refractivity contribution < 1.29 is 0 Å². The molecule has 2 heterocycles. The monoisotopic (exact) mass is 291 g/mol. The van der Waals surface area contributed by atoms with E-state index >= 15 is 0 Å². The molecule has 0 aliphatic heterocycles. The maximum atomic E-state index is 11.4. The summed E-state index contributed by atoms with van der Waals surface area (Å²) < 4.78 is 0. The molecular weight excluding hydrogens is 274 g/mol. The molecule has 0 amide bonds. The van der Waals surface area contributed by atoms with E-state index in [1.54, 1.807) is 6.92 Å². The van der Waals surface area contributed by atoms with Crippen molar-refractivity contribution in [3.05, 3.63) is 34.0 Å². The molecule has 2 aromatic rings. The molecule has 0 aliphatic rings. The van der Waals surface area contributed by atoms with Gasteiger partial charge in [-0.05, 0) is 32.0 Å². The highest BCUT2D eigenvalue weighted by atomic mass is 32.2. The van der Waals surface area contributed by atoms with Crippen molar-refractivity contribution >= 4 is 17.6 Å². The quantitative estimate of drug-likeness (QED) is 0.648. The first-order valence-electron chi connectivity index (χ1n) is 6.42. The number of aromatic nitrogens is 4. The highest BCUT2D eigenvalue weighted by Crippen LogP contribution is 2.23. The molecule has 20 heavy (non-hydrogen) atoms. The molecule has 0 saturated carbocycles. The Labute approximate surface area is 121 Å². The van der Waals surface area contributed by atoms with Crippen LogP contribution in [0.5, 0.6) is 0 Å². The van der Waals surface area contributed by atoms with Gasteiger partial charge in [-0.15, -0.1) is 0 Å². The van der Waals surface area contributed by atoms with Crippen LogP contribution in [0.2, 0.25) is 0 Å². The van der Waals surface area contributed by atoms with Gasteiger partial charge in [-0.3, -0.25) is 4.79 Å². The van der Waals surface area contributed by atoms with Crippen LogP contribution in [0.4, 0.5) is 5.82 Å². The standard InChI is InChI=1S/C13H17N5OS/c1-4-5-14-10-7-12(17-9(3)16-10)20-13-15-8(2)6-11(19)18-13/h6-7H,4-5H2,1-3H3,(H,14,16,17)(H,15,18,19). The number of anilines is 1. The van der Waals surface area contributed by atoms with Gasteiger partial charge in [0.05, 0.1) is 0 Å². The van der Waals surface area contributed by atoms with E-state index in [0.29, 0.717) is 16.7 Å². The van der Waals surface area contributed by atoms with E-state index in [4.69, 9.17) is 0 Å². The van der Waals surface area contributed by atoms with Crippen molar-refractivity contribution in [2.24, 2.45) is 0 Å². The van der Waals surface area contributed by atoms with Crippen molar-refractivity contribution in [3.63, 3.8) is 0 Å². The van der Waals surface area contributed by atoms with Crippen LogP contribution in [0, 0.1) is 13.8 Å². The summed E-state index contributed by atoms with van der Waals surface area (Å²) in [5.41, 5.74) is 0.529. The van der Waals surface area contributed by atoms with E-state index in [-0.39, 0.29) is 5.56 Å². The van der Waals surface area contributed by atoms with Crippen LogP contribution in [0.1, 0.15) is 24.9 Å². The first-order valence-corrected chi connectivity index (χ1v) is 7.24. The van der Waals surface area contributed by atoms with Gasteiger partial charge in [0, 0.05) is 24.4 Å². The van der Waals surface area contributed by atoms with Crippen LogP contribution in [-0.4, -0.2) is 26.5 Å². The highest BCUT2D eigenvalue weighted by molar-refractivity contribution is 7.99. The molecule has 0 unspecified atom stereocenters. The molecule has 0 spiro atoms. The van der Waals surface area contributed by atoms with Gasteiger partial charge in [0.25, 0.3) is 5.56 Å². The molecule has 0 radical (unpaired) electrons. The largest absolute Gasteiger partial charge is 0.370 e. The second kappa shape index (κ2) is 6.51. The van der Waals surface area contributed by atoms with Crippen molar-refractivity contribution in [3.8, 4) is 0 Å². The Morgan fingerprint density at radius 2 is 2.05 bits per heavy atom. The molecule has 7 heteroatoms. The smallest absolute Gasteiger partial charge is 0.251 e. The Morgan fingerprint density at radius 3 is 2.75 bits per heavy atom. The van der Waals surface area contributed by atoms with E-state index in [0.717, 1.165) is 23.8 Å². The van der Waals surface area contributed by atoms with Gasteiger partial charge in [-0.2, -0.15) is 0 Å². The number of nitrogens with one attached hydrogen (secondary N) is 2. The minimum atomic E-state index is -0.157. The van der Waals surface area contributed by atoms with Crippen molar-refractivity contribution in [2.75, 3.05) is 11.9 Å². The fraction of sp³-hybridized carbons (Fsp3) is 0.385. The molecule has 0 saturated heterocycles. The summed E-state index contributed by atoms with van der Waals surface area (Å²) in [5, 5.41) is 4.52. The van der Waals surface area contributed by atoms with Crippen LogP contribution in [0.25, 0.3) is 0 Å². The Hall–Kier alpha value is -1.89. The maximum Gasteiger partial charge on any atom is 0.251 e. The first-order chi connectivity index (χ1) is 9.56. The lowest BCUT2D eigenvalue weighted by molar-refractivity contribution is 0.892. The average Bonchev–Trinajstić information content (AvgIpc) is 2.34. The summed E-state index contributed by atoms with van der Waals surface area (Å²) in [4.78, 5) is 27.1. The predicted octanol–water partition coefficient (Wildman–Crippen LogP) is 2.15. The van der Waals surface area contributed by atoms with Crippen LogP contribution in [0.3, 0.4) is 0 Å². The van der Waals surface area contributed by atoms with Gasteiger partial charge in [0.2, 0.25) is 0 Å². The third-order valence-electron chi connectivity index (χ3n) is 2.42. The molecular formula is C13H17N5OS. The fourth-order valence-corrected chi connectivity index (χ4v) is 2.52. The SMILES string of the molecule is CCCNc1cc(Sc2nc(C)cc(=O)[nH]2)nc(C)n1. The van der Waals surface area contributed by atoms with Gasteiger partial charge in [0.15, 0.2) is 5.16 Å². The van der Waals surface area contributed by atoms with E-state index in [2.05, 4.69) is 32.2 Å². The summed E-state index contributed by atoms with van der Waals surface area (Å²) >= 11 is 1.32. The molecule has 2 aromatic heterocycles. The molecule has 106 valence electrons. The fourth-order valence-electron chi connectivity index (χ4n) is 1.64. The summed E-state index contributed by atoms with van der Waals surface area (Å²) in [6, 6.07) is 3.32. The van der Waals surface area contributed by atoms with Crippen molar-refractivity contribution in [1.82, 2.24) is 19.9 Å². The van der Waals surface area contributed by atoms with Crippen LogP contribution >= 0.6 is 11.8 Å². The summed E-state index contributed by atoms with van der Waals surface area (Å²) in [6.07, 6.45) is 1.03. The summed E-state index contributed by atoms with van der Waals surface area (Å²) in [5.74, 6) is 1.47. The Morgan fingerprint density at radius 1 is 1.25 bits per heavy atom. The van der Waals surface area contributed by atoms with E-state index in [1.165, 1.54) is 17.8 Å². The maximum absolute atomic E-state index is 11.4. The lowest BCUT2D eigenvalue weighted by Gasteiger charge is -2.07. The molecule has 6 nitrogen and oxygen atoms in total. The zero-order valence-corrected chi connectivity index (χ0v) is 12.5. The van der Waals surface area contributed by atoms with Crippen molar-refractivity contribution in [2.45, 2.75) is 37.4 Å². The normalized spacial score (nSPS) is 10.6. The Kier molecular flexibility index (Phi) is 4.73. The minimum Gasteiger partial charge on any atom is -0.370 e. The Balaban J connectivity index is 2.23. The van der Waals surface area contributed by atoms with Crippen molar-refractivity contribution in [1.29, 1.82) is 0 Å². The van der Waals surface area contributed by atoms with Gasteiger partial charge < -0.3 is 10.3 Å². The molecule has 2 N–H and O–H groups in total. The number of nitrogens with zero attached hydrogens (tertiary/aromatic N) is 3.